The van der Waals surface area contributed by atoms with Crippen LogP contribution in [0.2, 0.25) is 0 Å². The first-order valence-corrected chi connectivity index (χ1v) is 12.6. The van der Waals surface area contributed by atoms with Gasteiger partial charge in [-0.2, -0.15) is 0 Å². The highest BCUT2D eigenvalue weighted by Crippen LogP contribution is 2.62. The summed E-state index contributed by atoms with van der Waals surface area (Å²) < 4.78 is 0. The van der Waals surface area contributed by atoms with E-state index >= 15 is 0 Å². The molecule has 2 fully saturated rings. The summed E-state index contributed by atoms with van der Waals surface area (Å²) in [4.78, 5) is 26.0. The normalized spacial score (nSPS) is 44.9. The van der Waals surface area contributed by atoms with E-state index < -0.39 is 0 Å². The van der Waals surface area contributed by atoms with Gasteiger partial charge in [-0.25, -0.2) is 0 Å². The van der Waals surface area contributed by atoms with Crippen LogP contribution in [0.25, 0.3) is 0 Å². The summed E-state index contributed by atoms with van der Waals surface area (Å²) >= 11 is 3.39. The van der Waals surface area contributed by atoms with Crippen molar-refractivity contribution in [3.63, 3.8) is 0 Å². The van der Waals surface area contributed by atoms with E-state index in [2.05, 4.69) is 33.8 Å². The molecule has 0 aromatic carbocycles. The van der Waals surface area contributed by atoms with Crippen LogP contribution in [-0.4, -0.2) is 33.6 Å². The SMILES string of the molecule is CC1=CCC[C@H]2[C@](C)(CC3=CC(=O)C4SCCSC4C3=O)[C@@H](C)CC[C@]12C. The molecule has 1 heterocycles. The lowest BCUT2D eigenvalue weighted by molar-refractivity contribution is -0.121. The van der Waals surface area contributed by atoms with E-state index in [4.69, 9.17) is 0 Å². The maximum Gasteiger partial charge on any atom is 0.173 e. The Morgan fingerprint density at radius 3 is 2.56 bits per heavy atom. The van der Waals surface area contributed by atoms with Gasteiger partial charge in [-0.15, -0.1) is 23.5 Å². The Kier molecular flexibility index (Phi) is 5.20. The molecule has 2 unspecified atom stereocenters. The van der Waals surface area contributed by atoms with Crippen molar-refractivity contribution in [1.29, 1.82) is 0 Å². The molecule has 1 aliphatic heterocycles. The summed E-state index contributed by atoms with van der Waals surface area (Å²) in [5.41, 5.74) is 2.70. The van der Waals surface area contributed by atoms with Gasteiger partial charge in [0.1, 0.15) is 0 Å². The Hall–Kier alpha value is -0.480. The molecule has 3 aliphatic carbocycles. The lowest BCUT2D eigenvalue weighted by atomic mass is 9.46. The predicted molar refractivity (Wildman–Crippen MR) is 116 cm³/mol. The Morgan fingerprint density at radius 1 is 1.11 bits per heavy atom. The topological polar surface area (TPSA) is 34.1 Å². The van der Waals surface area contributed by atoms with Crippen molar-refractivity contribution in [3.05, 3.63) is 23.3 Å². The monoisotopic (exact) mass is 404 g/mol. The van der Waals surface area contributed by atoms with Crippen LogP contribution < -0.4 is 0 Å². The summed E-state index contributed by atoms with van der Waals surface area (Å²) in [5, 5.41) is -0.278. The number of Topliss-reactive ketones (excluding diaryl/α,β-unsaturated/α-hetero) is 1. The maximum absolute atomic E-state index is 13.3. The van der Waals surface area contributed by atoms with Crippen molar-refractivity contribution in [1.82, 2.24) is 0 Å². The second-order valence-electron chi connectivity index (χ2n) is 9.58. The Labute approximate surface area is 172 Å². The first-order valence-electron chi connectivity index (χ1n) is 10.5. The molecule has 148 valence electrons. The molecule has 0 amide bonds. The highest BCUT2D eigenvalue weighted by molar-refractivity contribution is 8.08. The molecule has 4 rings (SSSR count). The molecule has 6 atom stereocenters. The third kappa shape index (κ3) is 3.10. The first kappa shape index (κ1) is 19.8. The number of allylic oxidation sites excluding steroid dienone is 4. The minimum absolute atomic E-state index is 0.0869. The first-order chi connectivity index (χ1) is 12.8. The van der Waals surface area contributed by atoms with Crippen molar-refractivity contribution in [3.8, 4) is 0 Å². The molecule has 1 saturated carbocycles. The number of fused-ring (bicyclic) bond motifs is 2. The van der Waals surface area contributed by atoms with Crippen LogP contribution in [0.3, 0.4) is 0 Å². The van der Waals surface area contributed by atoms with Crippen LogP contribution in [0.5, 0.6) is 0 Å². The van der Waals surface area contributed by atoms with E-state index in [0.717, 1.165) is 29.9 Å². The number of carbonyl (C=O) groups excluding carboxylic acids is 2. The zero-order chi connectivity index (χ0) is 19.4. The Bertz CT molecular complexity index is 724. The number of hydrogen-bond donors (Lipinski definition) is 0. The average Bonchev–Trinajstić information content (AvgIpc) is 2.65. The van der Waals surface area contributed by atoms with Gasteiger partial charge in [-0.05, 0) is 67.8 Å². The summed E-state index contributed by atoms with van der Waals surface area (Å²) in [6.07, 6.45) is 9.76. The standard InChI is InChI=1S/C23H32O2S2/c1-14-6-5-7-18-22(14,3)9-8-15(2)23(18,4)13-16-12-17(24)20-21(19(16)25)27-11-10-26-20/h6,12,15,18,20-21H,5,7-11,13H2,1-4H3/t15-,18+,20?,21?,22+,23+/m0/s1. The molecule has 27 heavy (non-hydrogen) atoms. The average molecular weight is 405 g/mol. The van der Waals surface area contributed by atoms with E-state index in [9.17, 15) is 9.59 Å². The van der Waals surface area contributed by atoms with Crippen LogP contribution in [-0.2, 0) is 9.59 Å². The highest BCUT2D eigenvalue weighted by atomic mass is 32.2. The summed E-state index contributed by atoms with van der Waals surface area (Å²) in [7, 11) is 0. The quantitative estimate of drug-likeness (QED) is 0.572. The summed E-state index contributed by atoms with van der Waals surface area (Å²) in [5.74, 6) is 3.57. The fourth-order valence-electron chi connectivity index (χ4n) is 6.23. The lowest BCUT2D eigenvalue weighted by Crippen LogP contribution is -2.51. The number of thioether (sulfide) groups is 2. The molecule has 0 bridgehead atoms. The van der Waals surface area contributed by atoms with E-state index in [-0.39, 0.29) is 32.9 Å². The molecule has 2 nitrogen and oxygen atoms in total. The Morgan fingerprint density at radius 2 is 1.81 bits per heavy atom. The van der Waals surface area contributed by atoms with Crippen LogP contribution in [0, 0.1) is 22.7 Å². The second-order valence-corrected chi connectivity index (χ2v) is 12.1. The number of carbonyl (C=O) groups is 2. The maximum atomic E-state index is 13.3. The summed E-state index contributed by atoms with van der Waals surface area (Å²) in [6.45, 7) is 9.53. The summed E-state index contributed by atoms with van der Waals surface area (Å²) in [6, 6.07) is 0. The number of ketones is 2. The van der Waals surface area contributed by atoms with Crippen molar-refractivity contribution in [2.75, 3.05) is 11.5 Å². The molecule has 0 aromatic rings. The van der Waals surface area contributed by atoms with Gasteiger partial charge in [0, 0.05) is 17.1 Å². The Balaban J connectivity index is 1.66. The van der Waals surface area contributed by atoms with Crippen LogP contribution in [0.4, 0.5) is 0 Å². The van der Waals surface area contributed by atoms with Crippen LogP contribution >= 0.6 is 23.5 Å². The van der Waals surface area contributed by atoms with Crippen molar-refractivity contribution in [2.45, 2.75) is 70.3 Å². The largest absolute Gasteiger partial charge is 0.294 e. The van der Waals surface area contributed by atoms with Gasteiger partial charge in [-0.3, -0.25) is 9.59 Å². The predicted octanol–water partition coefficient (Wildman–Crippen LogP) is 5.47. The third-order valence-electron chi connectivity index (χ3n) is 8.29. The number of rotatable bonds is 2. The van der Waals surface area contributed by atoms with Crippen LogP contribution in [0.1, 0.15) is 59.8 Å². The fraction of sp³-hybridized carbons (Fsp3) is 0.739. The van der Waals surface area contributed by atoms with Gasteiger partial charge >= 0.3 is 0 Å². The minimum Gasteiger partial charge on any atom is -0.294 e. The van der Waals surface area contributed by atoms with E-state index in [1.165, 1.54) is 24.8 Å². The number of hydrogen-bond acceptors (Lipinski definition) is 4. The van der Waals surface area contributed by atoms with Gasteiger partial charge in [0.2, 0.25) is 0 Å². The molecule has 1 saturated heterocycles. The molecule has 0 spiro atoms. The van der Waals surface area contributed by atoms with Crippen molar-refractivity contribution in [2.24, 2.45) is 22.7 Å². The van der Waals surface area contributed by atoms with Crippen molar-refractivity contribution < 1.29 is 9.59 Å². The smallest absolute Gasteiger partial charge is 0.173 e. The minimum atomic E-state index is -0.141. The molecule has 4 aliphatic rings. The van der Waals surface area contributed by atoms with Crippen molar-refractivity contribution >= 4 is 35.1 Å². The van der Waals surface area contributed by atoms with Gasteiger partial charge in [0.05, 0.1) is 10.5 Å². The van der Waals surface area contributed by atoms with Gasteiger partial charge < -0.3 is 0 Å². The molecule has 0 radical (unpaired) electrons. The van der Waals surface area contributed by atoms with E-state index in [0.29, 0.717) is 11.8 Å². The molecular weight excluding hydrogens is 372 g/mol. The van der Waals surface area contributed by atoms with Gasteiger partial charge in [0.15, 0.2) is 11.6 Å². The third-order valence-corrected chi connectivity index (χ3v) is 11.3. The van der Waals surface area contributed by atoms with Crippen LogP contribution in [0.15, 0.2) is 23.3 Å². The van der Waals surface area contributed by atoms with Gasteiger partial charge in [-0.1, -0.05) is 32.4 Å². The zero-order valence-corrected chi connectivity index (χ0v) is 18.7. The van der Waals surface area contributed by atoms with E-state index in [1.807, 2.05) is 0 Å². The van der Waals surface area contributed by atoms with E-state index in [1.54, 1.807) is 29.6 Å². The highest BCUT2D eigenvalue weighted by Gasteiger charge is 2.54. The zero-order valence-electron chi connectivity index (χ0n) is 17.0. The lowest BCUT2D eigenvalue weighted by Gasteiger charge is -2.58. The molecule has 0 aromatic heterocycles. The van der Waals surface area contributed by atoms with Gasteiger partial charge in [0.25, 0.3) is 0 Å². The second kappa shape index (κ2) is 7.09. The fourth-order valence-corrected chi connectivity index (χ4v) is 9.13. The molecular formula is C23H32O2S2. The molecule has 4 heteroatoms. The molecule has 0 N–H and O–H groups in total.